The molecule has 1 fully saturated rings. The van der Waals surface area contributed by atoms with E-state index in [1.165, 1.54) is 12.1 Å². The lowest BCUT2D eigenvalue weighted by Crippen LogP contribution is -2.43. The molecule has 1 N–H and O–H groups in total. The number of hydrogen-bond acceptors (Lipinski definition) is 3. The van der Waals surface area contributed by atoms with Crippen LogP contribution in [0.2, 0.25) is 0 Å². The van der Waals surface area contributed by atoms with Crippen LogP contribution in [0.3, 0.4) is 0 Å². The molecule has 1 aliphatic rings. The van der Waals surface area contributed by atoms with E-state index in [2.05, 4.69) is 5.32 Å². The third kappa shape index (κ3) is 4.77. The SMILES string of the molecule is COc1ccc(C(=O)CCCC(=O)NC2(c3ccc(F)cc3)CCCC2)cc1. The minimum atomic E-state index is -0.412. The molecule has 5 heteroatoms. The molecule has 0 spiro atoms. The van der Waals surface area contributed by atoms with E-state index in [1.54, 1.807) is 43.5 Å². The van der Waals surface area contributed by atoms with Crippen molar-refractivity contribution in [3.63, 3.8) is 0 Å². The van der Waals surface area contributed by atoms with Crippen LogP contribution < -0.4 is 10.1 Å². The molecule has 2 aromatic carbocycles. The van der Waals surface area contributed by atoms with E-state index in [-0.39, 0.29) is 17.5 Å². The molecule has 1 aliphatic carbocycles. The summed E-state index contributed by atoms with van der Waals surface area (Å²) in [5, 5.41) is 3.17. The highest BCUT2D eigenvalue weighted by Crippen LogP contribution is 2.38. The monoisotopic (exact) mass is 383 g/mol. The van der Waals surface area contributed by atoms with Gasteiger partial charge < -0.3 is 10.1 Å². The Bertz CT molecular complexity index is 809. The van der Waals surface area contributed by atoms with Gasteiger partial charge in [0.2, 0.25) is 5.91 Å². The summed E-state index contributed by atoms with van der Waals surface area (Å²) in [4.78, 5) is 24.8. The molecule has 0 radical (unpaired) electrons. The van der Waals surface area contributed by atoms with Gasteiger partial charge in [0, 0.05) is 18.4 Å². The Morgan fingerprint density at radius 1 is 1.00 bits per heavy atom. The molecule has 0 unspecified atom stereocenters. The fourth-order valence-corrected chi connectivity index (χ4v) is 3.89. The fourth-order valence-electron chi connectivity index (χ4n) is 3.89. The van der Waals surface area contributed by atoms with Crippen molar-refractivity contribution in [1.29, 1.82) is 0 Å². The third-order valence-corrected chi connectivity index (χ3v) is 5.45. The van der Waals surface area contributed by atoms with E-state index < -0.39 is 5.54 Å². The Hall–Kier alpha value is -2.69. The lowest BCUT2D eigenvalue weighted by atomic mass is 9.88. The van der Waals surface area contributed by atoms with E-state index in [4.69, 9.17) is 4.74 Å². The Morgan fingerprint density at radius 3 is 2.25 bits per heavy atom. The highest BCUT2D eigenvalue weighted by molar-refractivity contribution is 5.96. The number of carbonyl (C=O) groups excluding carboxylic acids is 2. The molecule has 0 bridgehead atoms. The first-order valence-electron chi connectivity index (χ1n) is 9.77. The summed E-state index contributed by atoms with van der Waals surface area (Å²) in [5.74, 6) is 0.386. The van der Waals surface area contributed by atoms with E-state index in [0.717, 1.165) is 31.2 Å². The van der Waals surface area contributed by atoms with Crippen LogP contribution in [0.15, 0.2) is 48.5 Å². The summed E-state index contributed by atoms with van der Waals surface area (Å²) < 4.78 is 18.4. The average Bonchev–Trinajstić information content (AvgIpc) is 3.18. The quantitative estimate of drug-likeness (QED) is 0.668. The summed E-state index contributed by atoms with van der Waals surface area (Å²) in [6.45, 7) is 0. The summed E-state index contributed by atoms with van der Waals surface area (Å²) in [6, 6.07) is 13.4. The van der Waals surface area contributed by atoms with Gasteiger partial charge in [0.15, 0.2) is 5.78 Å². The molecule has 3 rings (SSSR count). The molecule has 2 aromatic rings. The van der Waals surface area contributed by atoms with Crippen LogP contribution in [-0.4, -0.2) is 18.8 Å². The predicted octanol–water partition coefficient (Wildman–Crippen LogP) is 4.77. The number of ketones is 1. The Morgan fingerprint density at radius 2 is 1.64 bits per heavy atom. The van der Waals surface area contributed by atoms with E-state index in [1.807, 2.05) is 0 Å². The van der Waals surface area contributed by atoms with Crippen LogP contribution in [0.1, 0.15) is 60.9 Å². The maximum absolute atomic E-state index is 13.3. The normalized spacial score (nSPS) is 15.2. The van der Waals surface area contributed by atoms with Gasteiger partial charge in [-0.25, -0.2) is 4.39 Å². The van der Waals surface area contributed by atoms with E-state index in [9.17, 15) is 14.0 Å². The van der Waals surface area contributed by atoms with Crippen molar-refractivity contribution in [1.82, 2.24) is 5.32 Å². The Balaban J connectivity index is 1.53. The second-order valence-electron chi connectivity index (χ2n) is 7.35. The highest BCUT2D eigenvalue weighted by atomic mass is 19.1. The molecule has 148 valence electrons. The summed E-state index contributed by atoms with van der Waals surface area (Å²) in [7, 11) is 1.58. The average molecular weight is 383 g/mol. The van der Waals surface area contributed by atoms with Crippen molar-refractivity contribution in [3.8, 4) is 5.75 Å². The summed E-state index contributed by atoms with van der Waals surface area (Å²) in [6.07, 6.45) is 4.90. The standard InChI is InChI=1S/C23H26FNO3/c1-28-20-13-7-17(8-14-20)21(26)5-4-6-22(27)25-23(15-2-3-16-23)18-9-11-19(24)12-10-18/h7-14H,2-6,15-16H2,1H3,(H,25,27). The predicted molar refractivity (Wildman–Crippen MR) is 106 cm³/mol. The van der Waals surface area contributed by atoms with Gasteiger partial charge in [0.1, 0.15) is 11.6 Å². The number of Topliss-reactive ketones (excluding diaryl/α,β-unsaturated/α-hetero) is 1. The number of hydrogen-bond donors (Lipinski definition) is 1. The van der Waals surface area contributed by atoms with Crippen LogP contribution in [0.5, 0.6) is 5.75 Å². The minimum absolute atomic E-state index is 0.0181. The van der Waals surface area contributed by atoms with Gasteiger partial charge >= 0.3 is 0 Å². The second-order valence-corrected chi connectivity index (χ2v) is 7.35. The third-order valence-electron chi connectivity index (χ3n) is 5.45. The molecule has 0 aliphatic heterocycles. The van der Waals surface area contributed by atoms with Gasteiger partial charge in [-0.3, -0.25) is 9.59 Å². The fraction of sp³-hybridized carbons (Fsp3) is 0.391. The topological polar surface area (TPSA) is 55.4 Å². The van der Waals surface area contributed by atoms with Gasteiger partial charge in [-0.05, 0) is 61.2 Å². The minimum Gasteiger partial charge on any atom is -0.497 e. The largest absolute Gasteiger partial charge is 0.497 e. The molecular weight excluding hydrogens is 357 g/mol. The van der Waals surface area contributed by atoms with Crippen LogP contribution in [0.25, 0.3) is 0 Å². The smallest absolute Gasteiger partial charge is 0.220 e. The zero-order chi connectivity index (χ0) is 20.0. The van der Waals surface area contributed by atoms with Gasteiger partial charge in [0.25, 0.3) is 0 Å². The first-order chi connectivity index (χ1) is 13.5. The number of nitrogens with one attached hydrogen (secondary N) is 1. The van der Waals surface area contributed by atoms with E-state index in [0.29, 0.717) is 30.6 Å². The maximum atomic E-state index is 13.3. The molecule has 1 saturated carbocycles. The zero-order valence-corrected chi connectivity index (χ0v) is 16.2. The Labute approximate surface area is 165 Å². The Kier molecular flexibility index (Phi) is 6.45. The first kappa shape index (κ1) is 20.1. The molecule has 4 nitrogen and oxygen atoms in total. The van der Waals surface area contributed by atoms with Crippen molar-refractivity contribution >= 4 is 11.7 Å². The number of methoxy groups -OCH3 is 1. The number of carbonyl (C=O) groups is 2. The van der Waals surface area contributed by atoms with Gasteiger partial charge in [0.05, 0.1) is 12.6 Å². The lowest BCUT2D eigenvalue weighted by Gasteiger charge is -2.31. The molecule has 1 amide bonds. The first-order valence-corrected chi connectivity index (χ1v) is 9.77. The number of ether oxygens (including phenoxy) is 1. The number of benzene rings is 2. The van der Waals surface area contributed by atoms with Crippen LogP contribution in [0.4, 0.5) is 4.39 Å². The van der Waals surface area contributed by atoms with Crippen molar-refractivity contribution in [2.75, 3.05) is 7.11 Å². The van der Waals surface area contributed by atoms with Crippen LogP contribution in [0, 0.1) is 5.82 Å². The zero-order valence-electron chi connectivity index (χ0n) is 16.2. The molecule has 0 heterocycles. The number of rotatable bonds is 8. The molecule has 0 aromatic heterocycles. The summed E-state index contributed by atoms with van der Waals surface area (Å²) >= 11 is 0. The summed E-state index contributed by atoms with van der Waals surface area (Å²) in [5.41, 5.74) is 1.17. The van der Waals surface area contributed by atoms with Gasteiger partial charge in [-0.15, -0.1) is 0 Å². The van der Waals surface area contributed by atoms with Crippen LogP contribution >= 0.6 is 0 Å². The van der Waals surface area contributed by atoms with Crippen molar-refractivity contribution in [3.05, 3.63) is 65.5 Å². The second kappa shape index (κ2) is 9.00. The lowest BCUT2D eigenvalue weighted by molar-refractivity contribution is -0.123. The molecule has 28 heavy (non-hydrogen) atoms. The van der Waals surface area contributed by atoms with Crippen molar-refractivity contribution < 1.29 is 18.7 Å². The number of amides is 1. The van der Waals surface area contributed by atoms with Gasteiger partial charge in [-0.1, -0.05) is 25.0 Å². The van der Waals surface area contributed by atoms with Crippen LogP contribution in [-0.2, 0) is 10.3 Å². The maximum Gasteiger partial charge on any atom is 0.220 e. The van der Waals surface area contributed by atoms with Crippen molar-refractivity contribution in [2.45, 2.75) is 50.5 Å². The molecule has 0 atom stereocenters. The van der Waals surface area contributed by atoms with Crippen molar-refractivity contribution in [2.24, 2.45) is 0 Å². The number of halogens is 1. The highest BCUT2D eigenvalue weighted by Gasteiger charge is 2.36. The molecular formula is C23H26FNO3. The molecule has 0 saturated heterocycles. The van der Waals surface area contributed by atoms with E-state index >= 15 is 0 Å². The van der Waals surface area contributed by atoms with Gasteiger partial charge in [-0.2, -0.15) is 0 Å².